The number of halogens is 3. The van der Waals surface area contributed by atoms with Gasteiger partial charge in [-0.25, -0.2) is 13.2 Å². The first-order valence-electron chi connectivity index (χ1n) is 11.7. The maximum absolute atomic E-state index is 14.0. The standard InChI is InChI=1S/C29H29F3/c1-3-7-20-8-4-5-11-25(20)19(2)23-14-16-26-21(9-6-10-24(26)18-23)12-13-22-15-17-27(30)29(32)28(22)31/h6,9-10,14-20,25H,3-5,7-8,11H2,1-2H3. The van der Waals surface area contributed by atoms with E-state index in [-0.39, 0.29) is 5.56 Å². The largest absolute Gasteiger partial charge is 0.204 e. The van der Waals surface area contributed by atoms with E-state index in [0.29, 0.717) is 5.92 Å². The molecule has 166 valence electrons. The number of benzene rings is 3. The quantitative estimate of drug-likeness (QED) is 0.286. The lowest BCUT2D eigenvalue weighted by atomic mass is 9.69. The van der Waals surface area contributed by atoms with Gasteiger partial charge in [-0.05, 0) is 58.7 Å². The van der Waals surface area contributed by atoms with Gasteiger partial charge in [-0.15, -0.1) is 0 Å². The Labute approximate surface area is 188 Å². The lowest BCUT2D eigenvalue weighted by Gasteiger charge is -2.36. The highest BCUT2D eigenvalue weighted by Gasteiger charge is 2.29. The molecule has 1 aliphatic carbocycles. The highest BCUT2D eigenvalue weighted by molar-refractivity contribution is 5.89. The summed E-state index contributed by atoms with van der Waals surface area (Å²) < 4.78 is 40.6. The van der Waals surface area contributed by atoms with Gasteiger partial charge in [0.2, 0.25) is 0 Å². The first kappa shape index (κ1) is 22.5. The van der Waals surface area contributed by atoms with Crippen LogP contribution in [0.5, 0.6) is 0 Å². The van der Waals surface area contributed by atoms with Crippen LogP contribution < -0.4 is 0 Å². The Morgan fingerprint density at radius 1 is 0.906 bits per heavy atom. The molecule has 3 unspecified atom stereocenters. The molecule has 0 amide bonds. The molecule has 0 saturated heterocycles. The van der Waals surface area contributed by atoms with Gasteiger partial charge in [-0.1, -0.05) is 88.1 Å². The number of fused-ring (bicyclic) bond motifs is 1. The maximum atomic E-state index is 14.0. The van der Waals surface area contributed by atoms with Crippen molar-refractivity contribution in [3.63, 3.8) is 0 Å². The molecule has 0 aliphatic heterocycles. The molecule has 0 nitrogen and oxygen atoms in total. The Morgan fingerprint density at radius 2 is 1.69 bits per heavy atom. The third-order valence-electron chi connectivity index (χ3n) is 7.07. The van der Waals surface area contributed by atoms with Gasteiger partial charge in [0.1, 0.15) is 0 Å². The maximum Gasteiger partial charge on any atom is 0.195 e. The minimum atomic E-state index is -1.49. The summed E-state index contributed by atoms with van der Waals surface area (Å²) in [6.07, 6.45) is 7.87. The van der Waals surface area contributed by atoms with Crippen molar-refractivity contribution in [2.75, 3.05) is 0 Å². The smallest absolute Gasteiger partial charge is 0.195 e. The van der Waals surface area contributed by atoms with Crippen LogP contribution in [0.2, 0.25) is 0 Å². The van der Waals surface area contributed by atoms with Crippen molar-refractivity contribution in [1.29, 1.82) is 0 Å². The Kier molecular flexibility index (Phi) is 6.89. The van der Waals surface area contributed by atoms with Crippen molar-refractivity contribution in [3.8, 4) is 11.8 Å². The molecule has 3 atom stereocenters. The van der Waals surface area contributed by atoms with Crippen LogP contribution in [0.3, 0.4) is 0 Å². The first-order valence-corrected chi connectivity index (χ1v) is 11.7. The molecule has 1 aliphatic rings. The average molecular weight is 435 g/mol. The van der Waals surface area contributed by atoms with Crippen LogP contribution >= 0.6 is 0 Å². The van der Waals surface area contributed by atoms with Crippen LogP contribution in [0.15, 0.2) is 48.5 Å². The molecule has 4 rings (SSSR count). The zero-order valence-electron chi connectivity index (χ0n) is 18.7. The van der Waals surface area contributed by atoms with Gasteiger partial charge >= 0.3 is 0 Å². The molecule has 0 aromatic heterocycles. The van der Waals surface area contributed by atoms with Gasteiger partial charge in [0.15, 0.2) is 17.5 Å². The van der Waals surface area contributed by atoms with Gasteiger partial charge in [-0.3, -0.25) is 0 Å². The molecule has 1 fully saturated rings. The molecule has 32 heavy (non-hydrogen) atoms. The predicted molar refractivity (Wildman–Crippen MR) is 125 cm³/mol. The van der Waals surface area contributed by atoms with Gasteiger partial charge < -0.3 is 0 Å². The molecule has 3 aromatic carbocycles. The van der Waals surface area contributed by atoms with E-state index in [0.717, 1.165) is 34.2 Å². The van der Waals surface area contributed by atoms with E-state index in [4.69, 9.17) is 0 Å². The van der Waals surface area contributed by atoms with Crippen molar-refractivity contribution in [3.05, 3.63) is 82.7 Å². The zero-order chi connectivity index (χ0) is 22.7. The summed E-state index contributed by atoms with van der Waals surface area (Å²) in [5, 5.41) is 2.07. The van der Waals surface area contributed by atoms with E-state index in [1.54, 1.807) is 0 Å². The van der Waals surface area contributed by atoms with Gasteiger partial charge in [0.25, 0.3) is 0 Å². The SMILES string of the molecule is CCCC1CCCCC1C(C)c1ccc2c(C#Cc3ccc(F)c(F)c3F)cccc2c1. The van der Waals surface area contributed by atoms with Crippen molar-refractivity contribution < 1.29 is 13.2 Å². The summed E-state index contributed by atoms with van der Waals surface area (Å²) in [4.78, 5) is 0. The molecular formula is C29H29F3. The monoisotopic (exact) mass is 434 g/mol. The number of hydrogen-bond acceptors (Lipinski definition) is 0. The highest BCUT2D eigenvalue weighted by atomic mass is 19.2. The van der Waals surface area contributed by atoms with Gasteiger partial charge in [0, 0.05) is 5.56 Å². The van der Waals surface area contributed by atoms with Crippen molar-refractivity contribution in [1.82, 2.24) is 0 Å². The Hall–Kier alpha value is -2.73. The Bertz CT molecular complexity index is 1170. The Morgan fingerprint density at radius 3 is 2.50 bits per heavy atom. The van der Waals surface area contributed by atoms with Crippen LogP contribution in [-0.4, -0.2) is 0 Å². The third kappa shape index (κ3) is 4.56. The molecule has 0 radical (unpaired) electrons. The van der Waals surface area contributed by atoms with E-state index in [9.17, 15) is 13.2 Å². The van der Waals surface area contributed by atoms with E-state index in [2.05, 4.69) is 50.0 Å². The number of rotatable bonds is 4. The first-order chi connectivity index (χ1) is 15.5. The summed E-state index contributed by atoms with van der Waals surface area (Å²) >= 11 is 0. The number of hydrogen-bond donors (Lipinski definition) is 0. The lowest BCUT2D eigenvalue weighted by molar-refractivity contribution is 0.195. The second-order valence-electron chi connectivity index (χ2n) is 9.04. The fourth-order valence-corrected chi connectivity index (χ4v) is 5.32. The van der Waals surface area contributed by atoms with E-state index < -0.39 is 17.5 Å². The minimum Gasteiger partial charge on any atom is -0.204 e. The van der Waals surface area contributed by atoms with Crippen molar-refractivity contribution >= 4 is 10.8 Å². The molecular weight excluding hydrogens is 405 g/mol. The van der Waals surface area contributed by atoms with Crippen LogP contribution in [0.25, 0.3) is 10.8 Å². The zero-order valence-corrected chi connectivity index (χ0v) is 18.7. The summed E-state index contributed by atoms with van der Waals surface area (Å²) in [7, 11) is 0. The highest BCUT2D eigenvalue weighted by Crippen LogP contribution is 2.42. The molecule has 0 heterocycles. The molecule has 3 aromatic rings. The summed E-state index contributed by atoms with van der Waals surface area (Å²) in [5.41, 5.74) is 1.94. The van der Waals surface area contributed by atoms with E-state index in [1.807, 2.05) is 12.1 Å². The molecule has 0 spiro atoms. The minimum absolute atomic E-state index is 0.148. The normalized spacial score (nSPS) is 19.4. The summed E-state index contributed by atoms with van der Waals surface area (Å²) in [6, 6.07) is 14.5. The molecule has 0 N–H and O–H groups in total. The second kappa shape index (κ2) is 9.82. The van der Waals surface area contributed by atoms with Crippen molar-refractivity contribution in [2.24, 2.45) is 11.8 Å². The average Bonchev–Trinajstić information content (AvgIpc) is 2.82. The fraction of sp³-hybridized carbons (Fsp3) is 0.379. The topological polar surface area (TPSA) is 0 Å². The predicted octanol–water partition coefficient (Wildman–Crippen LogP) is 8.37. The van der Waals surface area contributed by atoms with E-state index >= 15 is 0 Å². The summed E-state index contributed by atoms with van der Waals surface area (Å²) in [6.45, 7) is 4.64. The third-order valence-corrected chi connectivity index (χ3v) is 7.07. The lowest BCUT2D eigenvalue weighted by Crippen LogP contribution is -2.24. The van der Waals surface area contributed by atoms with Crippen molar-refractivity contribution in [2.45, 2.75) is 58.3 Å². The van der Waals surface area contributed by atoms with Crippen LogP contribution in [0.1, 0.15) is 75.0 Å². The summed E-state index contributed by atoms with van der Waals surface area (Å²) in [5.74, 6) is 3.70. The fourth-order valence-electron chi connectivity index (χ4n) is 5.32. The molecule has 1 saturated carbocycles. The van der Waals surface area contributed by atoms with Crippen LogP contribution in [0, 0.1) is 41.1 Å². The van der Waals surface area contributed by atoms with Gasteiger partial charge in [0.05, 0.1) is 5.56 Å². The van der Waals surface area contributed by atoms with E-state index in [1.165, 1.54) is 50.2 Å². The van der Waals surface area contributed by atoms with Gasteiger partial charge in [-0.2, -0.15) is 0 Å². The molecule has 0 bridgehead atoms. The second-order valence-corrected chi connectivity index (χ2v) is 9.04. The van der Waals surface area contributed by atoms with Crippen LogP contribution in [0.4, 0.5) is 13.2 Å². The Balaban J connectivity index is 1.64. The molecule has 3 heteroatoms. The van der Waals surface area contributed by atoms with Crippen LogP contribution in [-0.2, 0) is 0 Å².